The van der Waals surface area contributed by atoms with Gasteiger partial charge in [0.25, 0.3) is 0 Å². The quantitative estimate of drug-likeness (QED) is 0.803. The Morgan fingerprint density at radius 3 is 2.29 bits per heavy atom. The molecular formula is C13H23NO3. The summed E-state index contributed by atoms with van der Waals surface area (Å²) >= 11 is 0. The van der Waals surface area contributed by atoms with Gasteiger partial charge < -0.3 is 10.0 Å². The molecule has 1 N–H and O–H groups in total. The lowest BCUT2D eigenvalue weighted by atomic mass is 9.82. The fourth-order valence-electron chi connectivity index (χ4n) is 2.45. The third-order valence-electron chi connectivity index (χ3n) is 4.15. The molecule has 0 heterocycles. The molecule has 1 rings (SSSR count). The highest BCUT2D eigenvalue weighted by Gasteiger charge is 2.43. The first kappa shape index (κ1) is 14.0. The van der Waals surface area contributed by atoms with Crippen LogP contribution >= 0.6 is 0 Å². The van der Waals surface area contributed by atoms with Gasteiger partial charge in [-0.2, -0.15) is 0 Å². The highest BCUT2D eigenvalue weighted by atomic mass is 16.4. The fraction of sp³-hybridized carbons (Fsp3) is 0.846. The van der Waals surface area contributed by atoms with Crippen LogP contribution in [0.4, 0.5) is 0 Å². The maximum Gasteiger partial charge on any atom is 0.310 e. The maximum absolute atomic E-state index is 12.1. The van der Waals surface area contributed by atoms with Gasteiger partial charge in [-0.25, -0.2) is 0 Å². The van der Waals surface area contributed by atoms with Crippen molar-refractivity contribution in [3.63, 3.8) is 0 Å². The molecule has 1 aliphatic carbocycles. The minimum Gasteiger partial charge on any atom is -0.481 e. The van der Waals surface area contributed by atoms with Gasteiger partial charge in [0.05, 0.1) is 5.41 Å². The molecule has 4 nitrogen and oxygen atoms in total. The number of hydrogen-bond acceptors (Lipinski definition) is 2. The number of aliphatic carboxylic acids is 1. The van der Waals surface area contributed by atoms with Gasteiger partial charge in [0, 0.05) is 19.5 Å². The van der Waals surface area contributed by atoms with E-state index in [0.717, 1.165) is 19.3 Å². The number of nitrogens with zero attached hydrogens (tertiary/aromatic N) is 1. The highest BCUT2D eigenvalue weighted by molar-refractivity contribution is 5.85. The van der Waals surface area contributed by atoms with Crippen LogP contribution < -0.4 is 0 Å². The number of carbonyl (C=O) groups excluding carboxylic acids is 1. The summed E-state index contributed by atoms with van der Waals surface area (Å²) in [6.07, 6.45) is 4.18. The first-order valence-corrected chi connectivity index (χ1v) is 6.42. The van der Waals surface area contributed by atoms with Crippen molar-refractivity contribution in [1.29, 1.82) is 0 Å². The van der Waals surface area contributed by atoms with Crippen LogP contribution in [0.3, 0.4) is 0 Å². The van der Waals surface area contributed by atoms with Gasteiger partial charge in [0.15, 0.2) is 0 Å². The van der Waals surface area contributed by atoms with Crippen molar-refractivity contribution in [3.05, 3.63) is 0 Å². The molecule has 17 heavy (non-hydrogen) atoms. The van der Waals surface area contributed by atoms with Gasteiger partial charge in [-0.1, -0.05) is 19.8 Å². The lowest BCUT2D eigenvalue weighted by Gasteiger charge is -2.29. The third kappa shape index (κ3) is 2.99. The normalized spacial score (nSPS) is 19.9. The second-order valence-electron chi connectivity index (χ2n) is 5.23. The molecule has 0 radical (unpaired) electrons. The molecule has 1 amide bonds. The van der Waals surface area contributed by atoms with Gasteiger partial charge in [0.1, 0.15) is 0 Å². The van der Waals surface area contributed by atoms with Crippen molar-refractivity contribution in [2.24, 2.45) is 5.41 Å². The predicted octanol–water partition coefficient (Wildman–Crippen LogP) is 2.28. The molecule has 4 heteroatoms. The second kappa shape index (κ2) is 5.52. The molecule has 0 bridgehead atoms. The molecular weight excluding hydrogens is 218 g/mol. The average Bonchev–Trinajstić information content (AvgIpc) is 2.76. The van der Waals surface area contributed by atoms with E-state index in [4.69, 9.17) is 0 Å². The van der Waals surface area contributed by atoms with E-state index in [-0.39, 0.29) is 18.4 Å². The van der Waals surface area contributed by atoms with E-state index in [1.807, 2.05) is 13.8 Å². The Morgan fingerprint density at radius 2 is 1.88 bits per heavy atom. The molecule has 98 valence electrons. The molecule has 0 aliphatic heterocycles. The summed E-state index contributed by atoms with van der Waals surface area (Å²) in [6.45, 7) is 4.01. The maximum atomic E-state index is 12.1. The van der Waals surface area contributed by atoms with Crippen molar-refractivity contribution in [1.82, 2.24) is 4.90 Å². The summed E-state index contributed by atoms with van der Waals surface area (Å²) in [5.74, 6) is -0.843. The number of rotatable bonds is 5. The first-order chi connectivity index (χ1) is 7.93. The predicted molar refractivity (Wildman–Crippen MR) is 65.7 cm³/mol. The van der Waals surface area contributed by atoms with E-state index in [1.54, 1.807) is 11.9 Å². The second-order valence-corrected chi connectivity index (χ2v) is 5.23. The smallest absolute Gasteiger partial charge is 0.310 e. The number of hydrogen-bond donors (Lipinski definition) is 1. The van der Waals surface area contributed by atoms with Crippen LogP contribution in [0, 0.1) is 5.41 Å². The lowest BCUT2D eigenvalue weighted by Crippen LogP contribution is -2.40. The number of carbonyl (C=O) groups is 2. The summed E-state index contributed by atoms with van der Waals surface area (Å²) in [5.41, 5.74) is -0.793. The standard InChI is InChI=1S/C13H23NO3/c1-4-10(2)14(3)11(15)9-13(12(16)17)7-5-6-8-13/h10H,4-9H2,1-3H3,(H,16,17). The summed E-state index contributed by atoms with van der Waals surface area (Å²) in [7, 11) is 1.76. The van der Waals surface area contributed by atoms with Crippen LogP contribution in [-0.4, -0.2) is 35.0 Å². The van der Waals surface area contributed by atoms with Crippen molar-refractivity contribution in [3.8, 4) is 0 Å². The number of carboxylic acid groups (broad SMARTS) is 1. The van der Waals surface area contributed by atoms with E-state index in [1.165, 1.54) is 0 Å². The first-order valence-electron chi connectivity index (χ1n) is 6.42. The molecule has 1 atom stereocenters. The Balaban J connectivity index is 2.68. The largest absolute Gasteiger partial charge is 0.481 e. The molecule has 1 aliphatic rings. The third-order valence-corrected chi connectivity index (χ3v) is 4.15. The van der Waals surface area contributed by atoms with Crippen LogP contribution in [0.25, 0.3) is 0 Å². The minimum absolute atomic E-state index is 0.0383. The highest BCUT2D eigenvalue weighted by Crippen LogP contribution is 2.41. The molecule has 0 saturated heterocycles. The van der Waals surface area contributed by atoms with E-state index >= 15 is 0 Å². The van der Waals surface area contributed by atoms with Gasteiger partial charge in [-0.3, -0.25) is 9.59 Å². The summed E-state index contributed by atoms with van der Waals surface area (Å²) in [6, 6.07) is 0.176. The number of carboxylic acids is 1. The van der Waals surface area contributed by atoms with Gasteiger partial charge >= 0.3 is 5.97 Å². The average molecular weight is 241 g/mol. The zero-order valence-electron chi connectivity index (χ0n) is 11.0. The lowest BCUT2D eigenvalue weighted by molar-refractivity contribution is -0.153. The van der Waals surface area contributed by atoms with E-state index in [2.05, 4.69) is 0 Å². The van der Waals surface area contributed by atoms with Crippen molar-refractivity contribution >= 4 is 11.9 Å². The zero-order valence-corrected chi connectivity index (χ0v) is 11.0. The van der Waals surface area contributed by atoms with E-state index in [9.17, 15) is 14.7 Å². The van der Waals surface area contributed by atoms with Crippen molar-refractivity contribution in [2.45, 2.75) is 58.4 Å². The van der Waals surface area contributed by atoms with Crippen LogP contribution in [0.1, 0.15) is 52.4 Å². The molecule has 1 fully saturated rings. The minimum atomic E-state index is -0.805. The van der Waals surface area contributed by atoms with Crippen LogP contribution in [0.2, 0.25) is 0 Å². The summed E-state index contributed by atoms with van der Waals surface area (Å²) in [5, 5.41) is 9.32. The fourth-order valence-corrected chi connectivity index (χ4v) is 2.45. The van der Waals surface area contributed by atoms with E-state index in [0.29, 0.717) is 12.8 Å². The Kier molecular flexibility index (Phi) is 4.54. The Morgan fingerprint density at radius 1 is 1.35 bits per heavy atom. The van der Waals surface area contributed by atoms with E-state index < -0.39 is 11.4 Å². The summed E-state index contributed by atoms with van der Waals surface area (Å²) < 4.78 is 0. The monoisotopic (exact) mass is 241 g/mol. The van der Waals surface area contributed by atoms with Crippen molar-refractivity contribution < 1.29 is 14.7 Å². The van der Waals surface area contributed by atoms with Gasteiger partial charge in [0.2, 0.25) is 5.91 Å². The molecule has 1 unspecified atom stereocenters. The van der Waals surface area contributed by atoms with Gasteiger partial charge in [-0.15, -0.1) is 0 Å². The summed E-state index contributed by atoms with van der Waals surface area (Å²) in [4.78, 5) is 25.1. The molecule has 1 saturated carbocycles. The van der Waals surface area contributed by atoms with Crippen LogP contribution in [0.15, 0.2) is 0 Å². The molecule has 0 aromatic heterocycles. The topological polar surface area (TPSA) is 57.6 Å². The molecule has 0 aromatic rings. The van der Waals surface area contributed by atoms with Gasteiger partial charge in [-0.05, 0) is 26.2 Å². The van der Waals surface area contributed by atoms with Crippen LogP contribution in [-0.2, 0) is 9.59 Å². The Labute approximate surface area is 103 Å². The van der Waals surface area contributed by atoms with Crippen LogP contribution in [0.5, 0.6) is 0 Å². The Hall–Kier alpha value is -1.06. The Bertz CT molecular complexity index is 295. The zero-order chi connectivity index (χ0) is 13.1. The molecule has 0 spiro atoms. The SMILES string of the molecule is CCC(C)N(C)C(=O)CC1(C(=O)O)CCCC1. The molecule has 0 aromatic carbocycles. The number of amides is 1. The van der Waals surface area contributed by atoms with Crippen molar-refractivity contribution in [2.75, 3.05) is 7.05 Å².